The summed E-state index contributed by atoms with van der Waals surface area (Å²) in [6.45, 7) is 0.576. The van der Waals surface area contributed by atoms with Crippen LogP contribution in [0.15, 0.2) is 18.2 Å². The molecular formula is C12H19FN2O. The average Bonchev–Trinajstić information content (AvgIpc) is 2.27. The number of ether oxygens (including phenoxy) is 1. The zero-order valence-electron chi connectivity index (χ0n) is 10.0. The van der Waals surface area contributed by atoms with E-state index in [1.807, 2.05) is 14.1 Å². The molecule has 2 N–H and O–H groups in total. The van der Waals surface area contributed by atoms with Crippen LogP contribution >= 0.6 is 0 Å². The third-order valence-electron chi connectivity index (χ3n) is 2.69. The summed E-state index contributed by atoms with van der Waals surface area (Å²) in [6.07, 6.45) is 0.792. The lowest BCUT2D eigenvalue weighted by molar-refractivity contribution is 0.297. The molecule has 4 heteroatoms. The number of hydrogen-bond donors (Lipinski definition) is 1. The molecule has 0 saturated carbocycles. The van der Waals surface area contributed by atoms with Crippen molar-refractivity contribution in [1.29, 1.82) is 0 Å². The fraction of sp³-hybridized carbons (Fsp3) is 0.500. The first-order valence-electron chi connectivity index (χ1n) is 5.27. The molecule has 0 aromatic heterocycles. The molecule has 0 aliphatic rings. The topological polar surface area (TPSA) is 38.5 Å². The first-order chi connectivity index (χ1) is 7.58. The summed E-state index contributed by atoms with van der Waals surface area (Å²) in [5.74, 6) is -0.0487. The molecule has 3 nitrogen and oxygen atoms in total. The van der Waals surface area contributed by atoms with Crippen LogP contribution in [0.3, 0.4) is 0 Å². The van der Waals surface area contributed by atoms with Crippen LogP contribution in [0.2, 0.25) is 0 Å². The van der Waals surface area contributed by atoms with E-state index in [-0.39, 0.29) is 17.6 Å². The summed E-state index contributed by atoms with van der Waals surface area (Å²) < 4.78 is 18.1. The number of methoxy groups -OCH3 is 1. The lowest BCUT2D eigenvalue weighted by Gasteiger charge is -2.22. The highest BCUT2D eigenvalue weighted by Gasteiger charge is 2.11. The molecule has 0 aliphatic heterocycles. The van der Waals surface area contributed by atoms with Crippen LogP contribution in [0.4, 0.5) is 4.39 Å². The molecule has 1 rings (SSSR count). The third kappa shape index (κ3) is 3.18. The number of nitrogens with two attached hydrogens (primary N) is 1. The molecule has 0 heterocycles. The number of likely N-dealkylation sites (N-methyl/N-ethyl adjacent to an activating group) is 1. The number of hydrogen-bond acceptors (Lipinski definition) is 3. The van der Waals surface area contributed by atoms with Crippen molar-refractivity contribution in [2.24, 2.45) is 5.73 Å². The summed E-state index contributed by atoms with van der Waals surface area (Å²) >= 11 is 0. The van der Waals surface area contributed by atoms with Crippen LogP contribution in [-0.2, 0) is 6.42 Å². The van der Waals surface area contributed by atoms with Gasteiger partial charge in [0.2, 0.25) is 0 Å². The van der Waals surface area contributed by atoms with Gasteiger partial charge in [0.1, 0.15) is 0 Å². The minimum atomic E-state index is -0.333. The van der Waals surface area contributed by atoms with Gasteiger partial charge in [-0.25, -0.2) is 4.39 Å². The van der Waals surface area contributed by atoms with Gasteiger partial charge in [0.25, 0.3) is 0 Å². The van der Waals surface area contributed by atoms with Gasteiger partial charge in [-0.05, 0) is 38.2 Å². The second-order valence-electron chi connectivity index (χ2n) is 4.03. The zero-order chi connectivity index (χ0) is 12.1. The predicted molar refractivity (Wildman–Crippen MR) is 63.2 cm³/mol. The molecule has 0 radical (unpaired) electrons. The minimum Gasteiger partial charge on any atom is -0.494 e. The van der Waals surface area contributed by atoms with Crippen molar-refractivity contribution in [2.45, 2.75) is 12.5 Å². The molecule has 0 aliphatic carbocycles. The highest BCUT2D eigenvalue weighted by Crippen LogP contribution is 2.19. The van der Waals surface area contributed by atoms with E-state index in [1.54, 1.807) is 12.1 Å². The lowest BCUT2D eigenvalue weighted by Crippen LogP contribution is -2.36. The first-order valence-corrected chi connectivity index (χ1v) is 5.27. The van der Waals surface area contributed by atoms with Crippen molar-refractivity contribution >= 4 is 0 Å². The second-order valence-corrected chi connectivity index (χ2v) is 4.03. The highest BCUT2D eigenvalue weighted by molar-refractivity contribution is 5.30. The van der Waals surface area contributed by atoms with Crippen LogP contribution in [0.5, 0.6) is 5.75 Å². The Labute approximate surface area is 96.0 Å². The highest BCUT2D eigenvalue weighted by atomic mass is 19.1. The maximum atomic E-state index is 13.2. The van der Waals surface area contributed by atoms with E-state index in [1.165, 1.54) is 13.2 Å². The van der Waals surface area contributed by atoms with Gasteiger partial charge < -0.3 is 15.4 Å². The van der Waals surface area contributed by atoms with Crippen LogP contribution in [0.1, 0.15) is 5.56 Å². The second kappa shape index (κ2) is 5.82. The Kier molecular flexibility index (Phi) is 4.71. The van der Waals surface area contributed by atoms with E-state index in [4.69, 9.17) is 10.5 Å². The van der Waals surface area contributed by atoms with E-state index in [2.05, 4.69) is 4.90 Å². The quantitative estimate of drug-likeness (QED) is 0.821. The summed E-state index contributed by atoms with van der Waals surface area (Å²) in [6, 6.07) is 5.18. The van der Waals surface area contributed by atoms with Crippen molar-refractivity contribution in [1.82, 2.24) is 4.90 Å². The number of nitrogens with zero attached hydrogens (tertiary/aromatic N) is 1. The van der Waals surface area contributed by atoms with Gasteiger partial charge in [0.15, 0.2) is 11.6 Å². The SMILES string of the molecule is COc1cc(CC(CN)N(C)C)ccc1F. The van der Waals surface area contributed by atoms with Crippen molar-refractivity contribution in [3.63, 3.8) is 0 Å². The molecule has 90 valence electrons. The van der Waals surface area contributed by atoms with E-state index in [0.717, 1.165) is 12.0 Å². The summed E-state index contributed by atoms with van der Waals surface area (Å²) in [5, 5.41) is 0. The van der Waals surface area contributed by atoms with E-state index < -0.39 is 0 Å². The van der Waals surface area contributed by atoms with Crippen molar-refractivity contribution in [2.75, 3.05) is 27.7 Å². The molecule has 1 aromatic rings. The van der Waals surface area contributed by atoms with Gasteiger partial charge in [-0.1, -0.05) is 6.07 Å². The maximum Gasteiger partial charge on any atom is 0.165 e. The largest absolute Gasteiger partial charge is 0.494 e. The molecule has 1 unspecified atom stereocenters. The molecule has 0 amide bonds. The molecule has 1 aromatic carbocycles. The Bertz CT molecular complexity index is 342. The molecule has 16 heavy (non-hydrogen) atoms. The molecule has 0 bridgehead atoms. The molecule has 0 spiro atoms. The van der Waals surface area contributed by atoms with E-state index in [9.17, 15) is 4.39 Å². The van der Waals surface area contributed by atoms with Gasteiger partial charge in [-0.2, -0.15) is 0 Å². The van der Waals surface area contributed by atoms with Crippen molar-refractivity contribution < 1.29 is 9.13 Å². The number of benzene rings is 1. The van der Waals surface area contributed by atoms with E-state index in [0.29, 0.717) is 6.54 Å². The van der Waals surface area contributed by atoms with Gasteiger partial charge in [-0.15, -0.1) is 0 Å². The Morgan fingerprint density at radius 3 is 2.62 bits per heavy atom. The first kappa shape index (κ1) is 12.9. The maximum absolute atomic E-state index is 13.2. The molecule has 0 saturated heterocycles. The van der Waals surface area contributed by atoms with Gasteiger partial charge in [0.05, 0.1) is 7.11 Å². The van der Waals surface area contributed by atoms with Crippen LogP contribution < -0.4 is 10.5 Å². The lowest BCUT2D eigenvalue weighted by atomic mass is 10.0. The van der Waals surface area contributed by atoms with Crippen LogP contribution in [0.25, 0.3) is 0 Å². The predicted octanol–water partition coefficient (Wildman–Crippen LogP) is 1.27. The zero-order valence-corrected chi connectivity index (χ0v) is 10.0. The van der Waals surface area contributed by atoms with Crippen LogP contribution in [-0.4, -0.2) is 38.7 Å². The van der Waals surface area contributed by atoms with Gasteiger partial charge in [0, 0.05) is 12.6 Å². The van der Waals surface area contributed by atoms with Crippen molar-refractivity contribution in [3.05, 3.63) is 29.6 Å². The summed E-state index contributed by atoms with van der Waals surface area (Å²) in [4.78, 5) is 2.07. The van der Waals surface area contributed by atoms with Gasteiger partial charge in [-0.3, -0.25) is 0 Å². The summed E-state index contributed by atoms with van der Waals surface area (Å²) in [7, 11) is 5.44. The molecular weight excluding hydrogens is 207 g/mol. The fourth-order valence-corrected chi connectivity index (χ4v) is 1.58. The molecule has 1 atom stereocenters. The monoisotopic (exact) mass is 226 g/mol. The normalized spacial score (nSPS) is 12.9. The number of halogens is 1. The summed E-state index contributed by atoms with van der Waals surface area (Å²) in [5.41, 5.74) is 6.71. The smallest absolute Gasteiger partial charge is 0.165 e. The van der Waals surface area contributed by atoms with Crippen LogP contribution in [0, 0.1) is 5.82 Å². The number of rotatable bonds is 5. The van der Waals surface area contributed by atoms with Gasteiger partial charge >= 0.3 is 0 Å². The minimum absolute atomic E-state index is 0.259. The Balaban J connectivity index is 2.80. The van der Waals surface area contributed by atoms with Crippen molar-refractivity contribution in [3.8, 4) is 5.75 Å². The Hall–Kier alpha value is -1.13. The Morgan fingerprint density at radius 2 is 2.12 bits per heavy atom. The Morgan fingerprint density at radius 1 is 1.44 bits per heavy atom. The standard InChI is InChI=1S/C12H19FN2O/c1-15(2)10(8-14)6-9-4-5-11(13)12(7-9)16-3/h4-5,7,10H,6,8,14H2,1-3H3. The molecule has 0 fully saturated rings. The fourth-order valence-electron chi connectivity index (χ4n) is 1.58. The third-order valence-corrected chi connectivity index (χ3v) is 2.69. The average molecular weight is 226 g/mol. The van der Waals surface area contributed by atoms with E-state index >= 15 is 0 Å².